The van der Waals surface area contributed by atoms with E-state index in [0.717, 1.165) is 11.3 Å². The van der Waals surface area contributed by atoms with Gasteiger partial charge >= 0.3 is 5.97 Å². The Bertz CT molecular complexity index is 516. The highest BCUT2D eigenvalue weighted by molar-refractivity contribution is 6.00. The van der Waals surface area contributed by atoms with E-state index in [9.17, 15) is 4.79 Å². The number of pyridine rings is 1. The predicted octanol–water partition coefficient (Wildman–Crippen LogP) is 1.54. The van der Waals surface area contributed by atoms with Crippen LogP contribution in [0.15, 0.2) is 10.6 Å². The summed E-state index contributed by atoms with van der Waals surface area (Å²) in [6, 6.07) is 1.80. The fourth-order valence-corrected chi connectivity index (χ4v) is 1.44. The van der Waals surface area contributed by atoms with E-state index >= 15 is 0 Å². The maximum absolute atomic E-state index is 10.8. The largest absolute Gasteiger partial charge is 0.476 e. The van der Waals surface area contributed by atoms with E-state index in [2.05, 4.69) is 10.1 Å². The van der Waals surface area contributed by atoms with E-state index in [4.69, 9.17) is 9.63 Å². The van der Waals surface area contributed by atoms with Crippen LogP contribution in [0.2, 0.25) is 0 Å². The summed E-state index contributed by atoms with van der Waals surface area (Å²) in [7, 11) is 0. The van der Waals surface area contributed by atoms with Gasteiger partial charge in [-0.05, 0) is 25.5 Å². The molecule has 0 saturated carbocycles. The van der Waals surface area contributed by atoms with Crippen LogP contribution in [0.1, 0.15) is 21.7 Å². The molecule has 0 aromatic carbocycles. The van der Waals surface area contributed by atoms with E-state index in [1.807, 2.05) is 6.92 Å². The highest BCUT2D eigenvalue weighted by atomic mass is 16.5. The van der Waals surface area contributed by atoms with E-state index < -0.39 is 5.97 Å². The Morgan fingerprint density at radius 2 is 2.21 bits per heavy atom. The van der Waals surface area contributed by atoms with Gasteiger partial charge in [0.2, 0.25) is 5.69 Å². The number of nitrogens with zero attached hydrogens (tertiary/aromatic N) is 2. The molecule has 0 saturated heterocycles. The quantitative estimate of drug-likeness (QED) is 0.741. The monoisotopic (exact) mass is 192 g/mol. The molecule has 0 atom stereocenters. The number of fused-ring (bicyclic) bond motifs is 1. The zero-order chi connectivity index (χ0) is 10.3. The number of carboxylic acids is 1. The first-order chi connectivity index (χ1) is 6.59. The summed E-state index contributed by atoms with van der Waals surface area (Å²) in [4.78, 5) is 14.8. The molecule has 5 heteroatoms. The van der Waals surface area contributed by atoms with E-state index in [-0.39, 0.29) is 11.4 Å². The minimum atomic E-state index is -1.10. The average Bonchev–Trinajstić information content (AvgIpc) is 2.47. The number of carboxylic acid groups (broad SMARTS) is 1. The molecule has 2 aromatic heterocycles. The number of aryl methyl sites for hydroxylation is 2. The van der Waals surface area contributed by atoms with Crippen molar-refractivity contribution in [1.29, 1.82) is 0 Å². The lowest BCUT2D eigenvalue weighted by molar-refractivity contribution is 0.0688. The molecule has 0 aliphatic rings. The Hall–Kier alpha value is -1.91. The third-order valence-corrected chi connectivity index (χ3v) is 1.97. The Balaban J connectivity index is 2.85. The molecule has 0 unspecified atom stereocenters. The molecule has 2 heterocycles. The topological polar surface area (TPSA) is 76.2 Å². The first kappa shape index (κ1) is 8.68. The standard InChI is InChI=1S/C9H8N2O3/c1-4-3-5(2)10-8-6(4)7(9(12)13)11-14-8/h3H,1-2H3,(H,12,13). The number of aromatic nitrogens is 2. The Kier molecular flexibility index (Phi) is 1.73. The smallest absolute Gasteiger partial charge is 0.358 e. The Morgan fingerprint density at radius 1 is 1.50 bits per heavy atom. The highest BCUT2D eigenvalue weighted by Gasteiger charge is 2.17. The molecule has 0 fully saturated rings. The van der Waals surface area contributed by atoms with Gasteiger partial charge in [0.1, 0.15) is 0 Å². The van der Waals surface area contributed by atoms with Crippen molar-refractivity contribution in [2.45, 2.75) is 13.8 Å². The number of aromatic carboxylic acids is 1. The summed E-state index contributed by atoms with van der Waals surface area (Å²) in [5.74, 6) is -1.10. The Labute approximate surface area is 79.3 Å². The van der Waals surface area contributed by atoms with Crippen LogP contribution < -0.4 is 0 Å². The molecule has 0 spiro atoms. The molecule has 2 rings (SSSR count). The van der Waals surface area contributed by atoms with Crippen molar-refractivity contribution in [2.75, 3.05) is 0 Å². The van der Waals surface area contributed by atoms with Crippen LogP contribution in [0.3, 0.4) is 0 Å². The van der Waals surface area contributed by atoms with Crippen molar-refractivity contribution >= 4 is 17.1 Å². The van der Waals surface area contributed by atoms with E-state index in [0.29, 0.717) is 5.39 Å². The van der Waals surface area contributed by atoms with Crippen LogP contribution in [-0.4, -0.2) is 21.2 Å². The van der Waals surface area contributed by atoms with Crippen molar-refractivity contribution in [3.8, 4) is 0 Å². The second kappa shape index (κ2) is 2.80. The van der Waals surface area contributed by atoms with Crippen LogP contribution in [-0.2, 0) is 0 Å². The van der Waals surface area contributed by atoms with Crippen LogP contribution >= 0.6 is 0 Å². The molecule has 0 aliphatic carbocycles. The van der Waals surface area contributed by atoms with Crippen LogP contribution in [0, 0.1) is 13.8 Å². The summed E-state index contributed by atoms with van der Waals surface area (Å²) in [5.41, 5.74) is 1.79. The minimum absolute atomic E-state index is 0.0787. The van der Waals surface area contributed by atoms with Gasteiger partial charge in [-0.2, -0.15) is 0 Å². The van der Waals surface area contributed by atoms with Gasteiger partial charge in [-0.1, -0.05) is 5.16 Å². The van der Waals surface area contributed by atoms with Crippen molar-refractivity contribution < 1.29 is 14.4 Å². The molecule has 0 amide bonds. The molecule has 0 radical (unpaired) electrons. The second-order valence-corrected chi connectivity index (χ2v) is 3.10. The molecular formula is C9H8N2O3. The van der Waals surface area contributed by atoms with Gasteiger partial charge in [0, 0.05) is 5.69 Å². The van der Waals surface area contributed by atoms with E-state index in [1.165, 1.54) is 0 Å². The minimum Gasteiger partial charge on any atom is -0.476 e. The fraction of sp³-hybridized carbons (Fsp3) is 0.222. The molecule has 14 heavy (non-hydrogen) atoms. The highest BCUT2D eigenvalue weighted by Crippen LogP contribution is 2.21. The van der Waals surface area contributed by atoms with Crippen molar-refractivity contribution in [3.63, 3.8) is 0 Å². The van der Waals surface area contributed by atoms with Crippen molar-refractivity contribution in [3.05, 3.63) is 23.0 Å². The van der Waals surface area contributed by atoms with Crippen molar-refractivity contribution in [2.24, 2.45) is 0 Å². The molecule has 0 aliphatic heterocycles. The molecule has 5 nitrogen and oxygen atoms in total. The van der Waals surface area contributed by atoms with Crippen LogP contribution in [0.25, 0.3) is 11.1 Å². The fourth-order valence-electron chi connectivity index (χ4n) is 1.44. The van der Waals surface area contributed by atoms with Gasteiger partial charge < -0.3 is 9.63 Å². The van der Waals surface area contributed by atoms with Gasteiger partial charge in [0.05, 0.1) is 5.39 Å². The summed E-state index contributed by atoms with van der Waals surface area (Å²) in [6.45, 7) is 3.62. The number of hydrogen-bond donors (Lipinski definition) is 1. The normalized spacial score (nSPS) is 10.7. The average molecular weight is 192 g/mol. The summed E-state index contributed by atoms with van der Waals surface area (Å²) in [6.07, 6.45) is 0. The molecule has 2 aromatic rings. The third kappa shape index (κ3) is 1.14. The van der Waals surface area contributed by atoms with Crippen LogP contribution in [0.5, 0.6) is 0 Å². The molecule has 1 N–H and O–H groups in total. The van der Waals surface area contributed by atoms with Gasteiger partial charge in [0.25, 0.3) is 5.71 Å². The van der Waals surface area contributed by atoms with Gasteiger partial charge in [-0.3, -0.25) is 0 Å². The van der Waals surface area contributed by atoms with Gasteiger partial charge in [0.15, 0.2) is 0 Å². The van der Waals surface area contributed by atoms with Gasteiger partial charge in [-0.25, -0.2) is 9.78 Å². The maximum atomic E-state index is 10.8. The lowest BCUT2D eigenvalue weighted by Gasteiger charge is -1.96. The van der Waals surface area contributed by atoms with E-state index in [1.54, 1.807) is 13.0 Å². The lowest BCUT2D eigenvalue weighted by atomic mass is 10.1. The van der Waals surface area contributed by atoms with Gasteiger partial charge in [-0.15, -0.1) is 0 Å². The molecular weight excluding hydrogens is 184 g/mol. The SMILES string of the molecule is Cc1cc(C)c2c(C(=O)O)noc2n1. The lowest BCUT2D eigenvalue weighted by Crippen LogP contribution is -1.98. The number of rotatable bonds is 1. The molecule has 0 bridgehead atoms. The molecule has 72 valence electrons. The van der Waals surface area contributed by atoms with Crippen LogP contribution in [0.4, 0.5) is 0 Å². The summed E-state index contributed by atoms with van der Waals surface area (Å²) < 4.78 is 4.83. The first-order valence-electron chi connectivity index (χ1n) is 4.06. The zero-order valence-corrected chi connectivity index (χ0v) is 7.74. The first-order valence-corrected chi connectivity index (χ1v) is 4.06. The Morgan fingerprint density at radius 3 is 2.86 bits per heavy atom. The second-order valence-electron chi connectivity index (χ2n) is 3.10. The number of carbonyl (C=O) groups is 1. The number of hydrogen-bond acceptors (Lipinski definition) is 4. The zero-order valence-electron chi connectivity index (χ0n) is 7.74. The third-order valence-electron chi connectivity index (χ3n) is 1.97. The summed E-state index contributed by atoms with van der Waals surface area (Å²) >= 11 is 0. The summed E-state index contributed by atoms with van der Waals surface area (Å²) in [5, 5.41) is 12.8. The predicted molar refractivity (Wildman–Crippen MR) is 48.2 cm³/mol. The maximum Gasteiger partial charge on any atom is 0.358 e. The van der Waals surface area contributed by atoms with Crippen molar-refractivity contribution in [1.82, 2.24) is 10.1 Å².